The maximum absolute atomic E-state index is 10.5. The van der Waals surface area contributed by atoms with Crippen LogP contribution in [0.1, 0.15) is 44.8 Å². The molecule has 134 valence electrons. The number of carboxylic acids is 1. The van der Waals surface area contributed by atoms with Crippen LogP contribution in [0.3, 0.4) is 0 Å². The van der Waals surface area contributed by atoms with Crippen LogP contribution in [0.4, 0.5) is 0 Å². The van der Waals surface area contributed by atoms with Gasteiger partial charge >= 0.3 is 5.97 Å². The van der Waals surface area contributed by atoms with Crippen molar-refractivity contribution in [3.63, 3.8) is 0 Å². The summed E-state index contributed by atoms with van der Waals surface area (Å²) in [5.74, 6) is -0.0939. The van der Waals surface area contributed by atoms with Gasteiger partial charge in [0.05, 0.1) is 24.2 Å². The van der Waals surface area contributed by atoms with Crippen molar-refractivity contribution < 1.29 is 19.4 Å². The molecule has 3 rings (SSSR count). The first-order chi connectivity index (χ1) is 12.2. The molecule has 0 aliphatic carbocycles. The zero-order valence-electron chi connectivity index (χ0n) is 14.1. The Morgan fingerprint density at radius 3 is 2.96 bits per heavy atom. The number of carboxylic acid groups (broad SMARTS) is 1. The summed E-state index contributed by atoms with van der Waals surface area (Å²) in [6.07, 6.45) is 8.13. The molecule has 1 saturated heterocycles. The Kier molecular flexibility index (Phi) is 6.00. The Balaban J connectivity index is 1.57. The highest BCUT2D eigenvalue weighted by Crippen LogP contribution is 2.27. The van der Waals surface area contributed by atoms with Gasteiger partial charge in [0.2, 0.25) is 0 Å². The topological polar surface area (TPSA) is 86.5 Å². The van der Waals surface area contributed by atoms with Gasteiger partial charge in [-0.15, -0.1) is 0 Å². The first-order valence-electron chi connectivity index (χ1n) is 8.70. The Morgan fingerprint density at radius 1 is 1.32 bits per heavy atom. The van der Waals surface area contributed by atoms with Gasteiger partial charge in [-0.25, -0.2) is 4.68 Å². The van der Waals surface area contributed by atoms with Gasteiger partial charge in [-0.05, 0) is 50.3 Å². The van der Waals surface area contributed by atoms with Gasteiger partial charge in [0, 0.05) is 19.2 Å². The number of rotatable bonds is 8. The number of carbonyl (C=O) groups is 1. The summed E-state index contributed by atoms with van der Waals surface area (Å²) in [5.41, 5.74) is 1.75. The molecule has 0 bridgehead atoms. The van der Waals surface area contributed by atoms with E-state index in [4.69, 9.17) is 14.6 Å². The van der Waals surface area contributed by atoms with Crippen molar-refractivity contribution in [2.24, 2.45) is 0 Å². The summed E-state index contributed by atoms with van der Waals surface area (Å²) in [6.45, 7) is 1.26. The number of aromatic nitrogens is 3. The van der Waals surface area contributed by atoms with E-state index in [9.17, 15) is 4.79 Å². The van der Waals surface area contributed by atoms with Crippen LogP contribution in [0, 0.1) is 0 Å². The highest BCUT2D eigenvalue weighted by Gasteiger charge is 2.19. The monoisotopic (exact) mass is 345 g/mol. The molecule has 2 aromatic heterocycles. The summed E-state index contributed by atoms with van der Waals surface area (Å²) < 4.78 is 13.3. The van der Waals surface area contributed by atoms with Gasteiger partial charge in [0.1, 0.15) is 5.75 Å². The Morgan fingerprint density at radius 2 is 2.24 bits per heavy atom. The summed E-state index contributed by atoms with van der Waals surface area (Å²) in [5, 5.41) is 13.0. The average molecular weight is 345 g/mol. The summed E-state index contributed by atoms with van der Waals surface area (Å²) >= 11 is 0. The minimum Gasteiger partial charge on any atom is -0.492 e. The van der Waals surface area contributed by atoms with Crippen LogP contribution in [-0.4, -0.2) is 39.1 Å². The Hall–Kier alpha value is -2.41. The van der Waals surface area contributed by atoms with Gasteiger partial charge in [0.25, 0.3) is 0 Å². The van der Waals surface area contributed by atoms with Crippen molar-refractivity contribution in [1.29, 1.82) is 0 Å². The maximum atomic E-state index is 10.5. The van der Waals surface area contributed by atoms with Crippen LogP contribution in [0.15, 0.2) is 30.6 Å². The molecule has 0 spiro atoms. The molecule has 7 heteroatoms. The zero-order chi connectivity index (χ0) is 17.5. The van der Waals surface area contributed by atoms with E-state index in [2.05, 4.69) is 10.1 Å². The number of nitrogens with zero attached hydrogens (tertiary/aromatic N) is 3. The van der Waals surface area contributed by atoms with Gasteiger partial charge in [-0.2, -0.15) is 5.10 Å². The van der Waals surface area contributed by atoms with Crippen molar-refractivity contribution in [3.05, 3.63) is 30.6 Å². The fourth-order valence-corrected chi connectivity index (χ4v) is 2.85. The third-order valence-corrected chi connectivity index (χ3v) is 4.15. The molecule has 7 nitrogen and oxygen atoms in total. The molecule has 1 fully saturated rings. The molecule has 3 heterocycles. The predicted octanol–water partition coefficient (Wildman–Crippen LogP) is 3.28. The van der Waals surface area contributed by atoms with Crippen LogP contribution in [-0.2, 0) is 9.53 Å². The molecule has 0 aromatic carbocycles. The first-order valence-corrected chi connectivity index (χ1v) is 8.70. The molecule has 1 unspecified atom stereocenters. The fourth-order valence-electron chi connectivity index (χ4n) is 2.85. The average Bonchev–Trinajstić information content (AvgIpc) is 3.12. The number of unbranched alkanes of at least 4 members (excludes halogenated alkanes) is 1. The van der Waals surface area contributed by atoms with E-state index >= 15 is 0 Å². The molecule has 1 aliphatic heterocycles. The van der Waals surface area contributed by atoms with Crippen LogP contribution >= 0.6 is 0 Å². The van der Waals surface area contributed by atoms with E-state index in [-0.39, 0.29) is 12.6 Å². The second-order valence-electron chi connectivity index (χ2n) is 6.06. The van der Waals surface area contributed by atoms with Gasteiger partial charge in [-0.3, -0.25) is 9.78 Å². The van der Waals surface area contributed by atoms with E-state index in [1.54, 1.807) is 12.4 Å². The van der Waals surface area contributed by atoms with Crippen molar-refractivity contribution >= 4 is 5.97 Å². The minimum absolute atomic E-state index is 0.0225. The number of pyridine rings is 1. The van der Waals surface area contributed by atoms with Crippen LogP contribution in [0.2, 0.25) is 0 Å². The van der Waals surface area contributed by atoms with Crippen LogP contribution < -0.4 is 4.74 Å². The lowest BCUT2D eigenvalue weighted by Crippen LogP contribution is -2.20. The first kappa shape index (κ1) is 17.4. The summed E-state index contributed by atoms with van der Waals surface area (Å²) in [7, 11) is 0. The number of hydrogen-bond donors (Lipinski definition) is 1. The van der Waals surface area contributed by atoms with Crippen molar-refractivity contribution in [2.75, 3.05) is 13.2 Å². The molecule has 2 aromatic rings. The summed E-state index contributed by atoms with van der Waals surface area (Å²) in [6, 6.07) is 5.72. The van der Waals surface area contributed by atoms with Gasteiger partial charge in [0.15, 0.2) is 6.23 Å². The lowest BCUT2D eigenvalue weighted by molar-refractivity contribution is -0.137. The zero-order valence-corrected chi connectivity index (χ0v) is 14.1. The van der Waals surface area contributed by atoms with Crippen LogP contribution in [0.25, 0.3) is 11.4 Å². The second-order valence-corrected chi connectivity index (χ2v) is 6.06. The predicted molar refractivity (Wildman–Crippen MR) is 91.3 cm³/mol. The van der Waals surface area contributed by atoms with Crippen molar-refractivity contribution in [2.45, 2.75) is 44.8 Å². The molecule has 25 heavy (non-hydrogen) atoms. The molecular weight excluding hydrogens is 322 g/mol. The highest BCUT2D eigenvalue weighted by molar-refractivity contribution is 5.66. The van der Waals surface area contributed by atoms with Gasteiger partial charge < -0.3 is 14.6 Å². The highest BCUT2D eigenvalue weighted by atomic mass is 16.5. The number of hydrogen-bond acceptors (Lipinski definition) is 5. The standard InChI is InChI=1S/C18H23N3O4/c22-18(23)6-2-4-11-24-14-7-8-15(19-13-14)16-9-10-20-21(16)17-5-1-3-12-25-17/h7-10,13,17H,1-6,11-12H2,(H,22,23). The van der Waals surface area contributed by atoms with Crippen LogP contribution in [0.5, 0.6) is 5.75 Å². The molecule has 0 saturated carbocycles. The lowest BCUT2D eigenvalue weighted by Gasteiger charge is -2.24. The fraction of sp³-hybridized carbons (Fsp3) is 0.500. The largest absolute Gasteiger partial charge is 0.492 e. The normalized spacial score (nSPS) is 17.4. The SMILES string of the molecule is O=C(O)CCCCOc1ccc(-c2ccnn2C2CCCCO2)nc1. The number of ether oxygens (including phenoxy) is 2. The molecule has 1 aliphatic rings. The van der Waals surface area contributed by atoms with Crippen molar-refractivity contribution in [3.8, 4) is 17.1 Å². The van der Waals surface area contributed by atoms with Gasteiger partial charge in [-0.1, -0.05) is 0 Å². The van der Waals surface area contributed by atoms with E-state index in [1.165, 1.54) is 0 Å². The molecule has 1 atom stereocenters. The Bertz CT molecular complexity index is 678. The molecule has 0 amide bonds. The third kappa shape index (κ3) is 4.79. The lowest BCUT2D eigenvalue weighted by atomic mass is 10.2. The minimum atomic E-state index is -0.774. The van der Waals surface area contributed by atoms with Crippen molar-refractivity contribution in [1.82, 2.24) is 14.8 Å². The van der Waals surface area contributed by atoms with E-state index in [0.717, 1.165) is 37.3 Å². The summed E-state index contributed by atoms with van der Waals surface area (Å²) in [4.78, 5) is 14.9. The van der Waals surface area contributed by atoms with E-state index in [1.807, 2.05) is 22.9 Å². The molecule has 1 N–H and O–H groups in total. The quantitative estimate of drug-likeness (QED) is 0.739. The smallest absolute Gasteiger partial charge is 0.303 e. The van der Waals surface area contributed by atoms with E-state index in [0.29, 0.717) is 25.2 Å². The third-order valence-electron chi connectivity index (χ3n) is 4.15. The van der Waals surface area contributed by atoms with E-state index < -0.39 is 5.97 Å². The number of aliphatic carboxylic acids is 1. The molecular formula is C18H23N3O4. The second kappa shape index (κ2) is 8.62. The maximum Gasteiger partial charge on any atom is 0.303 e. The molecule has 0 radical (unpaired) electrons. The Labute approximate surface area is 146 Å².